The van der Waals surface area contributed by atoms with Crippen molar-refractivity contribution in [2.75, 3.05) is 11.9 Å². The van der Waals surface area contributed by atoms with Crippen LogP contribution in [0.1, 0.15) is 12.5 Å². The predicted molar refractivity (Wildman–Crippen MR) is 76.8 cm³/mol. The molecule has 0 radical (unpaired) electrons. The molecule has 0 aliphatic rings. The number of hydrogen-bond donors (Lipinski definition) is 1. The first-order valence-electron chi connectivity index (χ1n) is 5.95. The SMILES string of the molecule is CCOc1ccc(NCc2ccc(Br)c(F)c2)cn1. The van der Waals surface area contributed by atoms with E-state index in [0.29, 0.717) is 23.5 Å². The Balaban J connectivity index is 1.96. The van der Waals surface area contributed by atoms with Gasteiger partial charge in [-0.1, -0.05) is 6.07 Å². The van der Waals surface area contributed by atoms with E-state index in [2.05, 4.69) is 26.2 Å². The summed E-state index contributed by atoms with van der Waals surface area (Å²) in [5, 5.41) is 3.18. The third-order valence-corrected chi connectivity index (χ3v) is 3.15. The van der Waals surface area contributed by atoms with Gasteiger partial charge in [-0.15, -0.1) is 0 Å². The molecule has 19 heavy (non-hydrogen) atoms. The number of anilines is 1. The van der Waals surface area contributed by atoms with Gasteiger partial charge < -0.3 is 10.1 Å². The number of nitrogens with zero attached hydrogens (tertiary/aromatic N) is 1. The molecule has 0 atom stereocenters. The molecular weight excluding hydrogens is 311 g/mol. The zero-order valence-corrected chi connectivity index (χ0v) is 12.1. The number of rotatable bonds is 5. The van der Waals surface area contributed by atoms with Crippen molar-refractivity contribution < 1.29 is 9.13 Å². The van der Waals surface area contributed by atoms with Crippen molar-refractivity contribution in [1.29, 1.82) is 0 Å². The Morgan fingerprint density at radius 1 is 1.32 bits per heavy atom. The molecule has 0 saturated carbocycles. The molecule has 0 fully saturated rings. The Hall–Kier alpha value is -1.62. The molecule has 0 bridgehead atoms. The average molecular weight is 325 g/mol. The van der Waals surface area contributed by atoms with E-state index >= 15 is 0 Å². The van der Waals surface area contributed by atoms with Crippen LogP contribution in [-0.2, 0) is 6.54 Å². The van der Waals surface area contributed by atoms with Gasteiger partial charge in [-0.25, -0.2) is 9.37 Å². The normalized spacial score (nSPS) is 10.3. The lowest BCUT2D eigenvalue weighted by atomic mass is 10.2. The smallest absolute Gasteiger partial charge is 0.213 e. The molecule has 0 spiro atoms. The van der Waals surface area contributed by atoms with Crippen LogP contribution >= 0.6 is 15.9 Å². The first-order valence-corrected chi connectivity index (χ1v) is 6.75. The Morgan fingerprint density at radius 2 is 2.16 bits per heavy atom. The Labute approximate surface area is 119 Å². The fourth-order valence-corrected chi connectivity index (χ4v) is 1.82. The molecular formula is C14H14BrFN2O. The molecule has 5 heteroatoms. The van der Waals surface area contributed by atoms with Gasteiger partial charge in [0.25, 0.3) is 0 Å². The van der Waals surface area contributed by atoms with Gasteiger partial charge >= 0.3 is 0 Å². The van der Waals surface area contributed by atoms with Crippen molar-refractivity contribution in [3.8, 4) is 5.88 Å². The minimum Gasteiger partial charge on any atom is -0.478 e. The lowest BCUT2D eigenvalue weighted by Gasteiger charge is -2.08. The number of ether oxygens (including phenoxy) is 1. The Bertz CT molecular complexity index is 546. The fourth-order valence-electron chi connectivity index (χ4n) is 1.57. The highest BCUT2D eigenvalue weighted by molar-refractivity contribution is 9.10. The molecule has 2 aromatic rings. The summed E-state index contributed by atoms with van der Waals surface area (Å²) in [7, 11) is 0. The molecule has 0 aliphatic heterocycles. The minimum atomic E-state index is -0.260. The second kappa shape index (κ2) is 6.52. The van der Waals surface area contributed by atoms with Crippen LogP contribution in [0.15, 0.2) is 41.0 Å². The molecule has 1 N–H and O–H groups in total. The highest BCUT2D eigenvalue weighted by Gasteiger charge is 2.01. The summed E-state index contributed by atoms with van der Waals surface area (Å²) in [5.41, 5.74) is 1.74. The first-order chi connectivity index (χ1) is 9.19. The predicted octanol–water partition coefficient (Wildman–Crippen LogP) is 3.99. The van der Waals surface area contributed by atoms with Crippen molar-refractivity contribution in [3.05, 3.63) is 52.4 Å². The lowest BCUT2D eigenvalue weighted by molar-refractivity contribution is 0.327. The maximum absolute atomic E-state index is 13.3. The van der Waals surface area contributed by atoms with Gasteiger partial charge in [-0.3, -0.25) is 0 Å². The summed E-state index contributed by atoms with van der Waals surface area (Å²) in [6.45, 7) is 3.05. The Kier molecular flexibility index (Phi) is 4.74. The number of halogens is 2. The summed E-state index contributed by atoms with van der Waals surface area (Å²) in [6, 6.07) is 8.74. The topological polar surface area (TPSA) is 34.1 Å². The second-order valence-electron chi connectivity index (χ2n) is 3.92. The Morgan fingerprint density at radius 3 is 2.79 bits per heavy atom. The molecule has 0 amide bonds. The quantitative estimate of drug-likeness (QED) is 0.902. The highest BCUT2D eigenvalue weighted by atomic mass is 79.9. The van der Waals surface area contributed by atoms with Crippen LogP contribution < -0.4 is 10.1 Å². The van der Waals surface area contributed by atoms with Crippen LogP contribution in [0.3, 0.4) is 0 Å². The van der Waals surface area contributed by atoms with Crippen molar-refractivity contribution in [1.82, 2.24) is 4.98 Å². The van der Waals surface area contributed by atoms with Gasteiger partial charge in [-0.05, 0) is 46.6 Å². The summed E-state index contributed by atoms with van der Waals surface area (Å²) in [6.07, 6.45) is 1.69. The van der Waals surface area contributed by atoms with E-state index < -0.39 is 0 Å². The van der Waals surface area contributed by atoms with Crippen molar-refractivity contribution in [2.24, 2.45) is 0 Å². The van der Waals surface area contributed by atoms with Gasteiger partial charge in [0.1, 0.15) is 5.82 Å². The minimum absolute atomic E-state index is 0.260. The highest BCUT2D eigenvalue weighted by Crippen LogP contribution is 2.18. The van der Waals surface area contributed by atoms with Crippen LogP contribution in [0.2, 0.25) is 0 Å². The van der Waals surface area contributed by atoms with E-state index in [-0.39, 0.29) is 5.82 Å². The molecule has 100 valence electrons. The van der Waals surface area contributed by atoms with Crippen LogP contribution in [0.25, 0.3) is 0 Å². The number of nitrogens with one attached hydrogen (secondary N) is 1. The molecule has 1 heterocycles. The number of aromatic nitrogens is 1. The summed E-state index contributed by atoms with van der Waals surface area (Å²) in [4.78, 5) is 4.15. The largest absolute Gasteiger partial charge is 0.478 e. The molecule has 1 aromatic heterocycles. The molecule has 1 aromatic carbocycles. The standard InChI is InChI=1S/C14H14BrFN2O/c1-2-19-14-6-4-11(9-18-14)17-8-10-3-5-12(15)13(16)7-10/h3-7,9,17H,2,8H2,1H3. The third kappa shape index (κ3) is 3.92. The van der Waals surface area contributed by atoms with Gasteiger partial charge in [0, 0.05) is 12.6 Å². The van der Waals surface area contributed by atoms with Crippen LogP contribution in [-0.4, -0.2) is 11.6 Å². The van der Waals surface area contributed by atoms with E-state index in [4.69, 9.17) is 4.74 Å². The van der Waals surface area contributed by atoms with E-state index in [9.17, 15) is 4.39 Å². The van der Waals surface area contributed by atoms with Gasteiger partial charge in [0.15, 0.2) is 0 Å². The van der Waals surface area contributed by atoms with E-state index in [1.165, 1.54) is 6.07 Å². The van der Waals surface area contributed by atoms with Crippen molar-refractivity contribution >= 4 is 21.6 Å². The molecule has 2 rings (SSSR count). The van der Waals surface area contributed by atoms with Crippen LogP contribution in [0, 0.1) is 5.82 Å². The first kappa shape index (κ1) is 13.8. The maximum atomic E-state index is 13.3. The van der Waals surface area contributed by atoms with E-state index in [0.717, 1.165) is 11.3 Å². The van der Waals surface area contributed by atoms with Crippen molar-refractivity contribution in [2.45, 2.75) is 13.5 Å². The molecule has 0 saturated heterocycles. The number of pyridine rings is 1. The summed E-state index contributed by atoms with van der Waals surface area (Å²) >= 11 is 3.13. The van der Waals surface area contributed by atoms with E-state index in [1.807, 2.05) is 19.1 Å². The van der Waals surface area contributed by atoms with Gasteiger partial charge in [-0.2, -0.15) is 0 Å². The monoisotopic (exact) mass is 324 g/mol. The van der Waals surface area contributed by atoms with Gasteiger partial charge in [0.05, 0.1) is 23.0 Å². The zero-order valence-electron chi connectivity index (χ0n) is 10.5. The molecule has 0 aliphatic carbocycles. The van der Waals surface area contributed by atoms with E-state index in [1.54, 1.807) is 18.3 Å². The zero-order chi connectivity index (χ0) is 13.7. The van der Waals surface area contributed by atoms with Gasteiger partial charge in [0.2, 0.25) is 5.88 Å². The number of hydrogen-bond acceptors (Lipinski definition) is 3. The second-order valence-corrected chi connectivity index (χ2v) is 4.77. The van der Waals surface area contributed by atoms with Crippen LogP contribution in [0.5, 0.6) is 5.88 Å². The molecule has 3 nitrogen and oxygen atoms in total. The summed E-state index contributed by atoms with van der Waals surface area (Å²) < 4.78 is 19.1. The van der Waals surface area contributed by atoms with Crippen LogP contribution in [0.4, 0.5) is 10.1 Å². The fraction of sp³-hybridized carbons (Fsp3) is 0.214. The maximum Gasteiger partial charge on any atom is 0.213 e. The molecule has 0 unspecified atom stereocenters. The lowest BCUT2D eigenvalue weighted by Crippen LogP contribution is -2.01. The van der Waals surface area contributed by atoms with Crippen molar-refractivity contribution in [3.63, 3.8) is 0 Å². The summed E-state index contributed by atoms with van der Waals surface area (Å²) in [5.74, 6) is 0.340. The number of benzene rings is 1. The third-order valence-electron chi connectivity index (χ3n) is 2.51. The average Bonchev–Trinajstić information content (AvgIpc) is 2.42.